The number of nitrogens with two attached hydrogens (primary N) is 1. The van der Waals surface area contributed by atoms with Crippen molar-refractivity contribution in [2.24, 2.45) is 0 Å². The van der Waals surface area contributed by atoms with Crippen LogP contribution in [0, 0.1) is 29.6 Å². The van der Waals surface area contributed by atoms with Gasteiger partial charge >= 0.3 is 5.97 Å². The highest BCUT2D eigenvalue weighted by Crippen LogP contribution is 2.44. The van der Waals surface area contributed by atoms with Crippen LogP contribution in [0.15, 0.2) is 23.8 Å². The molecule has 0 saturated carbocycles. The number of aromatic nitrogens is 1. The zero-order chi connectivity index (χ0) is 23.4. The number of fused-ring (bicyclic) bond motifs is 1. The van der Waals surface area contributed by atoms with E-state index >= 15 is 0 Å². The second-order valence-corrected chi connectivity index (χ2v) is 7.01. The second kappa shape index (κ2) is 9.23. The third kappa shape index (κ3) is 3.99. The number of esters is 1. The lowest BCUT2D eigenvalue weighted by Gasteiger charge is -2.13. The number of ether oxygens (including phenoxy) is 3. The number of carbonyl (C=O) groups is 1. The second-order valence-electron chi connectivity index (χ2n) is 7.01. The molecule has 0 fully saturated rings. The van der Waals surface area contributed by atoms with Crippen molar-refractivity contribution in [3.05, 3.63) is 51.7 Å². The molecule has 0 bridgehead atoms. The van der Waals surface area contributed by atoms with Crippen LogP contribution in [-0.2, 0) is 9.53 Å². The standard InChI is InChI=1S/C24H22N4O4/c1-5-31-21(29)12-32-19-7-6-15(9-20(19)30-4)8-16-13(2)17(10-25)23-22(16)14(3)18(11-26)24(27)28-23/h6-9H,5,12H2,1-4H3,(H2,27,28)/b16-8+. The summed E-state index contributed by atoms with van der Waals surface area (Å²) < 4.78 is 15.8. The number of benzene rings is 1. The van der Waals surface area contributed by atoms with Crippen LogP contribution in [0.1, 0.15) is 41.8 Å². The molecule has 0 radical (unpaired) electrons. The molecule has 1 aromatic carbocycles. The average molecular weight is 430 g/mol. The molecule has 1 aliphatic rings. The highest BCUT2D eigenvalue weighted by molar-refractivity contribution is 6.08. The smallest absolute Gasteiger partial charge is 0.344 e. The highest BCUT2D eigenvalue weighted by Gasteiger charge is 2.29. The van der Waals surface area contributed by atoms with Gasteiger partial charge in [-0.2, -0.15) is 10.5 Å². The number of nitriles is 2. The Hall–Kier alpha value is -4.30. The van der Waals surface area contributed by atoms with Crippen LogP contribution in [0.5, 0.6) is 11.5 Å². The molecule has 0 spiro atoms. The minimum absolute atomic E-state index is 0.107. The van der Waals surface area contributed by atoms with Crippen LogP contribution >= 0.6 is 0 Å². The minimum Gasteiger partial charge on any atom is -0.493 e. The van der Waals surface area contributed by atoms with Gasteiger partial charge < -0.3 is 19.9 Å². The zero-order valence-corrected chi connectivity index (χ0v) is 18.3. The maximum atomic E-state index is 11.6. The van der Waals surface area contributed by atoms with Gasteiger partial charge in [0.05, 0.1) is 30.5 Å². The summed E-state index contributed by atoms with van der Waals surface area (Å²) in [7, 11) is 1.50. The summed E-state index contributed by atoms with van der Waals surface area (Å²) in [6.45, 7) is 5.40. The number of rotatable bonds is 6. The van der Waals surface area contributed by atoms with E-state index in [4.69, 9.17) is 19.9 Å². The molecule has 3 rings (SSSR count). The molecule has 8 heteroatoms. The summed E-state index contributed by atoms with van der Waals surface area (Å²) in [5, 5.41) is 19.2. The van der Waals surface area contributed by atoms with Gasteiger partial charge in [-0.1, -0.05) is 6.07 Å². The van der Waals surface area contributed by atoms with Crippen molar-refractivity contribution in [3.63, 3.8) is 0 Å². The SMILES string of the molecule is CCOC(=O)COc1ccc(/C=C2\C(C)=C(C#N)c3nc(N)c(C#N)c(C)c32)cc1OC. The van der Waals surface area contributed by atoms with Crippen LogP contribution in [-0.4, -0.2) is 31.3 Å². The van der Waals surface area contributed by atoms with Crippen LogP contribution < -0.4 is 15.2 Å². The Morgan fingerprint density at radius 3 is 2.59 bits per heavy atom. The van der Waals surface area contributed by atoms with Crippen LogP contribution in [0.4, 0.5) is 5.82 Å². The summed E-state index contributed by atoms with van der Waals surface area (Å²) in [6, 6.07) is 9.55. The van der Waals surface area contributed by atoms with Crippen molar-refractivity contribution in [2.75, 3.05) is 26.1 Å². The van der Waals surface area contributed by atoms with Gasteiger partial charge in [-0.25, -0.2) is 9.78 Å². The third-order valence-electron chi connectivity index (χ3n) is 5.13. The van der Waals surface area contributed by atoms with Crippen LogP contribution in [0.25, 0.3) is 17.2 Å². The summed E-state index contributed by atoms with van der Waals surface area (Å²) in [5.74, 6) is 0.477. The fourth-order valence-corrected chi connectivity index (χ4v) is 3.59. The molecule has 1 heterocycles. The number of nitrogen functional groups attached to an aromatic ring is 1. The van der Waals surface area contributed by atoms with Crippen molar-refractivity contribution in [3.8, 4) is 23.6 Å². The molecular weight excluding hydrogens is 408 g/mol. The number of allylic oxidation sites excluding steroid dienone is 3. The minimum atomic E-state index is -0.469. The highest BCUT2D eigenvalue weighted by atomic mass is 16.6. The fraction of sp³-hybridized carbons (Fsp3) is 0.250. The Kier molecular flexibility index (Phi) is 6.46. The lowest BCUT2D eigenvalue weighted by Crippen LogP contribution is -2.14. The molecule has 32 heavy (non-hydrogen) atoms. The largest absolute Gasteiger partial charge is 0.493 e. The number of carbonyl (C=O) groups excluding carboxylic acids is 1. The molecule has 0 saturated heterocycles. The van der Waals surface area contributed by atoms with Crippen molar-refractivity contribution < 1.29 is 19.0 Å². The van der Waals surface area contributed by atoms with Gasteiger partial charge in [0.1, 0.15) is 18.0 Å². The lowest BCUT2D eigenvalue weighted by molar-refractivity contribution is -0.145. The van der Waals surface area contributed by atoms with Gasteiger partial charge in [0, 0.05) is 5.56 Å². The van der Waals surface area contributed by atoms with E-state index in [9.17, 15) is 15.3 Å². The van der Waals surface area contributed by atoms with Gasteiger partial charge in [-0.15, -0.1) is 0 Å². The van der Waals surface area contributed by atoms with E-state index in [1.807, 2.05) is 13.0 Å². The van der Waals surface area contributed by atoms with E-state index in [0.29, 0.717) is 39.5 Å². The van der Waals surface area contributed by atoms with Crippen molar-refractivity contribution in [2.45, 2.75) is 20.8 Å². The maximum Gasteiger partial charge on any atom is 0.344 e. The summed E-state index contributed by atoms with van der Waals surface area (Å²) in [5.41, 5.74) is 10.8. The predicted octanol–water partition coefficient (Wildman–Crippen LogP) is 3.65. The van der Waals surface area contributed by atoms with E-state index in [1.54, 1.807) is 32.0 Å². The molecule has 2 aromatic rings. The van der Waals surface area contributed by atoms with Crippen molar-refractivity contribution >= 4 is 29.0 Å². The Morgan fingerprint density at radius 2 is 1.97 bits per heavy atom. The van der Waals surface area contributed by atoms with Gasteiger partial charge in [0.15, 0.2) is 18.1 Å². The predicted molar refractivity (Wildman–Crippen MR) is 119 cm³/mol. The van der Waals surface area contributed by atoms with Gasteiger partial charge in [-0.3, -0.25) is 0 Å². The topological polar surface area (TPSA) is 131 Å². The number of hydrogen-bond acceptors (Lipinski definition) is 8. The number of hydrogen-bond donors (Lipinski definition) is 1. The monoisotopic (exact) mass is 430 g/mol. The molecule has 162 valence electrons. The Bertz CT molecular complexity index is 1250. The molecule has 0 aliphatic heterocycles. The first-order chi connectivity index (χ1) is 15.4. The first kappa shape index (κ1) is 22.4. The van der Waals surface area contributed by atoms with E-state index in [2.05, 4.69) is 17.1 Å². The number of pyridine rings is 1. The number of methoxy groups -OCH3 is 1. The van der Waals surface area contributed by atoms with E-state index in [1.165, 1.54) is 7.11 Å². The van der Waals surface area contributed by atoms with Crippen LogP contribution in [0.2, 0.25) is 0 Å². The molecule has 0 amide bonds. The van der Waals surface area contributed by atoms with Crippen molar-refractivity contribution in [1.29, 1.82) is 10.5 Å². The Labute approximate surface area is 186 Å². The average Bonchev–Trinajstić information content (AvgIpc) is 3.03. The maximum absolute atomic E-state index is 11.6. The molecular formula is C24H22N4O4. The van der Waals surface area contributed by atoms with Gasteiger partial charge in [0.2, 0.25) is 0 Å². The number of nitrogens with zero attached hydrogens (tertiary/aromatic N) is 3. The van der Waals surface area contributed by atoms with E-state index in [-0.39, 0.29) is 19.0 Å². The first-order valence-electron chi connectivity index (χ1n) is 9.86. The summed E-state index contributed by atoms with van der Waals surface area (Å²) in [6.07, 6.45) is 1.89. The first-order valence-corrected chi connectivity index (χ1v) is 9.86. The molecule has 0 atom stereocenters. The van der Waals surface area contributed by atoms with E-state index < -0.39 is 5.97 Å². The van der Waals surface area contributed by atoms with Gasteiger partial charge in [0.25, 0.3) is 0 Å². The molecule has 0 unspecified atom stereocenters. The zero-order valence-electron chi connectivity index (χ0n) is 18.3. The fourth-order valence-electron chi connectivity index (χ4n) is 3.59. The molecule has 8 nitrogen and oxygen atoms in total. The quantitative estimate of drug-likeness (QED) is 0.687. The Balaban J connectivity index is 2.06. The van der Waals surface area contributed by atoms with Crippen LogP contribution in [0.3, 0.4) is 0 Å². The summed E-state index contributed by atoms with van der Waals surface area (Å²) in [4.78, 5) is 15.9. The van der Waals surface area contributed by atoms with Gasteiger partial charge in [-0.05, 0) is 61.3 Å². The molecule has 1 aliphatic carbocycles. The Morgan fingerprint density at radius 1 is 1.22 bits per heavy atom. The normalized spacial score (nSPS) is 13.4. The lowest BCUT2D eigenvalue weighted by atomic mass is 9.95. The summed E-state index contributed by atoms with van der Waals surface area (Å²) >= 11 is 0. The molecule has 1 aromatic heterocycles. The number of anilines is 1. The molecule has 2 N–H and O–H groups in total. The van der Waals surface area contributed by atoms with Crippen molar-refractivity contribution in [1.82, 2.24) is 4.98 Å². The van der Waals surface area contributed by atoms with E-state index in [0.717, 1.165) is 16.7 Å². The third-order valence-corrected chi connectivity index (χ3v) is 5.13.